The predicted octanol–water partition coefficient (Wildman–Crippen LogP) is 4.02. The SMILES string of the molecule is CCOc1cc2c(cc1CNC(=O)Cc1coc3cc(OC)ccc13)O[C@H](C)C2. The van der Waals surface area contributed by atoms with Gasteiger partial charge in [-0.25, -0.2) is 0 Å². The minimum Gasteiger partial charge on any atom is -0.497 e. The molecular weight excluding hydrogens is 370 g/mol. The Hall–Kier alpha value is -3.15. The second-order valence-corrected chi connectivity index (χ2v) is 7.21. The number of ether oxygens (including phenoxy) is 3. The molecule has 1 atom stereocenters. The van der Waals surface area contributed by atoms with Crippen LogP contribution in [0.5, 0.6) is 17.2 Å². The minimum absolute atomic E-state index is 0.0826. The molecule has 2 aromatic carbocycles. The number of furan rings is 1. The molecule has 4 rings (SSSR count). The zero-order chi connectivity index (χ0) is 20.4. The number of benzene rings is 2. The fourth-order valence-electron chi connectivity index (χ4n) is 3.67. The lowest BCUT2D eigenvalue weighted by atomic mass is 10.1. The molecule has 0 saturated heterocycles. The quantitative estimate of drug-likeness (QED) is 0.654. The van der Waals surface area contributed by atoms with Crippen LogP contribution in [0.4, 0.5) is 0 Å². The third kappa shape index (κ3) is 4.01. The number of hydrogen-bond donors (Lipinski definition) is 1. The van der Waals surface area contributed by atoms with Gasteiger partial charge in [0.25, 0.3) is 0 Å². The summed E-state index contributed by atoms with van der Waals surface area (Å²) in [5.74, 6) is 2.31. The Morgan fingerprint density at radius 1 is 1.24 bits per heavy atom. The molecule has 6 nitrogen and oxygen atoms in total. The Kier molecular flexibility index (Phi) is 5.34. The van der Waals surface area contributed by atoms with E-state index >= 15 is 0 Å². The summed E-state index contributed by atoms with van der Waals surface area (Å²) in [6, 6.07) is 9.59. The Bertz CT molecular complexity index is 1040. The van der Waals surface area contributed by atoms with E-state index in [0.29, 0.717) is 18.7 Å². The standard InChI is InChI=1S/C23H25NO5/c1-4-27-20-8-15-7-14(2)29-21(15)9-16(20)12-24-23(25)10-17-13-28-22-11-18(26-3)5-6-19(17)22/h5-6,8-9,11,13-14H,4,7,10,12H2,1-3H3,(H,24,25)/t14-/m1/s1. The van der Waals surface area contributed by atoms with Gasteiger partial charge in [-0.15, -0.1) is 0 Å². The van der Waals surface area contributed by atoms with Gasteiger partial charge in [0.05, 0.1) is 26.4 Å². The van der Waals surface area contributed by atoms with Crippen molar-refractivity contribution in [3.63, 3.8) is 0 Å². The smallest absolute Gasteiger partial charge is 0.224 e. The van der Waals surface area contributed by atoms with E-state index in [1.807, 2.05) is 44.2 Å². The molecule has 0 aliphatic carbocycles. The molecule has 1 aliphatic heterocycles. The van der Waals surface area contributed by atoms with Gasteiger partial charge in [-0.2, -0.15) is 0 Å². The van der Waals surface area contributed by atoms with Crippen molar-refractivity contribution in [2.45, 2.75) is 39.3 Å². The first kappa shape index (κ1) is 19.2. The van der Waals surface area contributed by atoms with Crippen LogP contribution in [0.15, 0.2) is 41.0 Å². The summed E-state index contributed by atoms with van der Waals surface area (Å²) in [7, 11) is 1.61. The first-order valence-corrected chi connectivity index (χ1v) is 9.83. The molecule has 0 fully saturated rings. The van der Waals surface area contributed by atoms with E-state index in [1.54, 1.807) is 13.4 Å². The average Bonchev–Trinajstić information content (AvgIpc) is 3.27. The lowest BCUT2D eigenvalue weighted by Gasteiger charge is -2.13. The molecule has 0 bridgehead atoms. The largest absolute Gasteiger partial charge is 0.497 e. The molecule has 29 heavy (non-hydrogen) atoms. The monoisotopic (exact) mass is 395 g/mol. The average molecular weight is 395 g/mol. The number of amides is 1. The highest BCUT2D eigenvalue weighted by molar-refractivity contribution is 5.88. The Balaban J connectivity index is 1.45. The molecule has 0 saturated carbocycles. The number of carbonyl (C=O) groups excluding carboxylic acids is 1. The van der Waals surface area contributed by atoms with Crippen molar-refractivity contribution in [2.75, 3.05) is 13.7 Å². The number of hydrogen-bond acceptors (Lipinski definition) is 5. The van der Waals surface area contributed by atoms with E-state index in [2.05, 4.69) is 5.32 Å². The zero-order valence-electron chi connectivity index (χ0n) is 16.9. The second-order valence-electron chi connectivity index (χ2n) is 7.21. The molecule has 2 heterocycles. The molecule has 152 valence electrons. The molecule has 0 unspecified atom stereocenters. The van der Waals surface area contributed by atoms with Crippen LogP contribution in [0.25, 0.3) is 11.0 Å². The van der Waals surface area contributed by atoms with Crippen LogP contribution >= 0.6 is 0 Å². The van der Waals surface area contributed by atoms with Gasteiger partial charge in [0.2, 0.25) is 5.91 Å². The van der Waals surface area contributed by atoms with Crippen molar-refractivity contribution in [1.29, 1.82) is 0 Å². The molecule has 1 aromatic heterocycles. The van der Waals surface area contributed by atoms with E-state index in [9.17, 15) is 4.79 Å². The van der Waals surface area contributed by atoms with Gasteiger partial charge >= 0.3 is 0 Å². The molecule has 1 aliphatic rings. The summed E-state index contributed by atoms with van der Waals surface area (Å²) < 4.78 is 22.4. The maximum atomic E-state index is 12.6. The van der Waals surface area contributed by atoms with E-state index in [1.165, 1.54) is 0 Å². The molecule has 0 radical (unpaired) electrons. The van der Waals surface area contributed by atoms with Crippen LogP contribution in [0.1, 0.15) is 30.5 Å². The van der Waals surface area contributed by atoms with Crippen molar-refractivity contribution in [3.8, 4) is 17.2 Å². The third-order valence-corrected chi connectivity index (χ3v) is 5.07. The maximum Gasteiger partial charge on any atom is 0.224 e. The van der Waals surface area contributed by atoms with Gasteiger partial charge in [-0.1, -0.05) is 0 Å². The van der Waals surface area contributed by atoms with Crippen LogP contribution in [0.2, 0.25) is 0 Å². The number of methoxy groups -OCH3 is 1. The summed E-state index contributed by atoms with van der Waals surface area (Å²) >= 11 is 0. The highest BCUT2D eigenvalue weighted by Crippen LogP contribution is 2.35. The molecule has 1 N–H and O–H groups in total. The first-order valence-electron chi connectivity index (χ1n) is 9.83. The van der Waals surface area contributed by atoms with Gasteiger partial charge in [-0.3, -0.25) is 4.79 Å². The molecule has 3 aromatic rings. The van der Waals surface area contributed by atoms with Crippen LogP contribution in [0.3, 0.4) is 0 Å². The Morgan fingerprint density at radius 2 is 2.10 bits per heavy atom. The highest BCUT2D eigenvalue weighted by Gasteiger charge is 2.22. The zero-order valence-corrected chi connectivity index (χ0v) is 16.9. The van der Waals surface area contributed by atoms with E-state index in [-0.39, 0.29) is 18.4 Å². The van der Waals surface area contributed by atoms with Gasteiger partial charge in [0.15, 0.2) is 0 Å². The molecular formula is C23H25NO5. The van der Waals surface area contributed by atoms with Crippen molar-refractivity contribution < 1.29 is 23.4 Å². The second kappa shape index (κ2) is 8.07. The molecule has 6 heteroatoms. The summed E-state index contributed by atoms with van der Waals surface area (Å²) in [6.45, 7) is 4.95. The summed E-state index contributed by atoms with van der Waals surface area (Å²) in [5, 5.41) is 3.90. The number of nitrogens with one attached hydrogen (secondary N) is 1. The van der Waals surface area contributed by atoms with Crippen molar-refractivity contribution in [1.82, 2.24) is 5.32 Å². The van der Waals surface area contributed by atoms with Crippen molar-refractivity contribution >= 4 is 16.9 Å². The maximum absolute atomic E-state index is 12.6. The van der Waals surface area contributed by atoms with Crippen LogP contribution in [0, 0.1) is 0 Å². The minimum atomic E-state index is -0.0826. The van der Waals surface area contributed by atoms with Gasteiger partial charge < -0.3 is 23.9 Å². The van der Waals surface area contributed by atoms with Crippen molar-refractivity contribution in [3.05, 3.63) is 53.3 Å². The topological polar surface area (TPSA) is 69.9 Å². The van der Waals surface area contributed by atoms with Crippen LogP contribution in [-0.2, 0) is 24.2 Å². The summed E-state index contributed by atoms with van der Waals surface area (Å²) in [4.78, 5) is 12.6. The highest BCUT2D eigenvalue weighted by atomic mass is 16.5. The van der Waals surface area contributed by atoms with Crippen LogP contribution < -0.4 is 19.5 Å². The number of rotatable bonds is 7. The van der Waals surface area contributed by atoms with Crippen LogP contribution in [-0.4, -0.2) is 25.7 Å². The van der Waals surface area contributed by atoms with Gasteiger partial charge in [0, 0.05) is 41.1 Å². The van der Waals surface area contributed by atoms with Crippen molar-refractivity contribution in [2.24, 2.45) is 0 Å². The van der Waals surface area contributed by atoms with E-state index in [0.717, 1.165) is 45.7 Å². The van der Waals surface area contributed by atoms with E-state index in [4.69, 9.17) is 18.6 Å². The third-order valence-electron chi connectivity index (χ3n) is 5.07. The lowest BCUT2D eigenvalue weighted by Crippen LogP contribution is -2.24. The van der Waals surface area contributed by atoms with Gasteiger partial charge in [0.1, 0.15) is 28.9 Å². The Labute approximate surface area is 169 Å². The number of fused-ring (bicyclic) bond motifs is 2. The van der Waals surface area contributed by atoms with Gasteiger partial charge in [-0.05, 0) is 38.1 Å². The first-order chi connectivity index (χ1) is 14.1. The lowest BCUT2D eigenvalue weighted by molar-refractivity contribution is -0.120. The fourth-order valence-corrected chi connectivity index (χ4v) is 3.67. The number of carbonyl (C=O) groups is 1. The fraction of sp³-hybridized carbons (Fsp3) is 0.348. The predicted molar refractivity (Wildman–Crippen MR) is 110 cm³/mol. The molecule has 1 amide bonds. The normalized spacial score (nSPS) is 15.1. The molecule has 0 spiro atoms. The Morgan fingerprint density at radius 3 is 2.90 bits per heavy atom. The summed E-state index contributed by atoms with van der Waals surface area (Å²) in [5.41, 5.74) is 3.61. The van der Waals surface area contributed by atoms with E-state index < -0.39 is 0 Å². The summed E-state index contributed by atoms with van der Waals surface area (Å²) in [6.07, 6.45) is 2.90.